The number of amides is 1. The van der Waals surface area contributed by atoms with E-state index in [4.69, 9.17) is 5.10 Å². The van der Waals surface area contributed by atoms with Crippen LogP contribution in [0.4, 0.5) is 0 Å². The lowest BCUT2D eigenvalue weighted by atomic mass is 9.72. The van der Waals surface area contributed by atoms with E-state index in [9.17, 15) is 4.79 Å². The van der Waals surface area contributed by atoms with Crippen LogP contribution in [0.15, 0.2) is 0 Å². The fourth-order valence-corrected chi connectivity index (χ4v) is 6.80. The zero-order valence-corrected chi connectivity index (χ0v) is 18.4. The fourth-order valence-electron chi connectivity index (χ4n) is 6.80. The summed E-state index contributed by atoms with van der Waals surface area (Å²) in [6, 6.07) is 1.25. The van der Waals surface area contributed by atoms with E-state index in [1.54, 1.807) is 0 Å². The predicted molar refractivity (Wildman–Crippen MR) is 114 cm³/mol. The normalized spacial score (nSPS) is 32.2. The largest absolute Gasteiger partial charge is 0.337 e. The second-order valence-electron chi connectivity index (χ2n) is 10.2. The molecule has 1 amide bonds. The Bertz CT molecular complexity index is 772. The molecule has 4 aliphatic rings. The Labute approximate surface area is 175 Å². The van der Waals surface area contributed by atoms with Crippen molar-refractivity contribution < 1.29 is 4.79 Å². The number of carbonyl (C=O) groups excluding carboxylic acids is 1. The third-order valence-corrected chi connectivity index (χ3v) is 7.98. The number of rotatable bonds is 3. The first kappa shape index (κ1) is 19.6. The van der Waals surface area contributed by atoms with E-state index in [1.165, 1.54) is 56.3 Å². The van der Waals surface area contributed by atoms with E-state index in [1.807, 2.05) is 11.7 Å². The van der Waals surface area contributed by atoms with Gasteiger partial charge < -0.3 is 9.80 Å². The van der Waals surface area contributed by atoms with Crippen molar-refractivity contribution in [2.45, 2.75) is 63.5 Å². The summed E-state index contributed by atoms with van der Waals surface area (Å²) in [5.74, 6) is 1.48. The van der Waals surface area contributed by atoms with Crippen LogP contribution in [0.1, 0.15) is 60.3 Å². The third-order valence-electron chi connectivity index (χ3n) is 7.98. The van der Waals surface area contributed by atoms with Gasteiger partial charge in [0.05, 0.1) is 5.69 Å². The lowest BCUT2D eigenvalue weighted by Crippen LogP contribution is -2.66. The summed E-state index contributed by atoms with van der Waals surface area (Å²) in [6.07, 6.45) is 9.73. The fraction of sp³-hybridized carbons (Fsp3) is 0.826. The van der Waals surface area contributed by atoms with Crippen molar-refractivity contribution in [1.82, 2.24) is 24.5 Å². The molecule has 1 aromatic heterocycles. The molecule has 29 heavy (non-hydrogen) atoms. The highest BCUT2D eigenvalue weighted by atomic mass is 16.2. The number of nitrogens with zero attached hydrogens (tertiary/aromatic N) is 5. The van der Waals surface area contributed by atoms with E-state index in [2.05, 4.69) is 28.8 Å². The molecule has 0 aromatic carbocycles. The minimum atomic E-state index is 0.241. The van der Waals surface area contributed by atoms with Gasteiger partial charge in [-0.15, -0.1) is 0 Å². The monoisotopic (exact) mass is 399 g/mol. The molecule has 0 unspecified atom stereocenters. The zero-order valence-electron chi connectivity index (χ0n) is 18.4. The van der Waals surface area contributed by atoms with Gasteiger partial charge in [-0.2, -0.15) is 5.10 Å². The van der Waals surface area contributed by atoms with Gasteiger partial charge in [0.2, 0.25) is 0 Å². The molecule has 0 N–H and O–H groups in total. The van der Waals surface area contributed by atoms with Crippen LogP contribution in [0, 0.1) is 11.8 Å². The smallest absolute Gasteiger partial charge is 0.272 e. The van der Waals surface area contributed by atoms with Crippen LogP contribution >= 0.6 is 0 Å². The van der Waals surface area contributed by atoms with Crippen LogP contribution < -0.4 is 0 Å². The van der Waals surface area contributed by atoms with E-state index >= 15 is 0 Å². The van der Waals surface area contributed by atoms with Crippen LogP contribution in [-0.2, 0) is 19.9 Å². The number of piperidine rings is 3. The van der Waals surface area contributed by atoms with Crippen molar-refractivity contribution in [2.75, 3.05) is 40.3 Å². The van der Waals surface area contributed by atoms with E-state index in [-0.39, 0.29) is 5.91 Å². The molecule has 3 saturated heterocycles. The molecule has 6 nitrogen and oxygen atoms in total. The lowest BCUT2D eigenvalue weighted by molar-refractivity contribution is -0.0704. The Balaban J connectivity index is 1.42. The van der Waals surface area contributed by atoms with Crippen molar-refractivity contribution in [3.8, 4) is 0 Å². The zero-order chi connectivity index (χ0) is 20.1. The molecule has 0 saturated carbocycles. The molecule has 3 fully saturated rings. The Kier molecular flexibility index (Phi) is 5.19. The highest BCUT2D eigenvalue weighted by Gasteiger charge is 2.48. The predicted octanol–water partition coefficient (Wildman–Crippen LogP) is 2.18. The van der Waals surface area contributed by atoms with Gasteiger partial charge in [-0.25, -0.2) is 0 Å². The SMILES string of the molecule is CN(C)C[C@H]1[C@H]2C[C@H](CN(C(=O)c3c4c(nn3C)CCCC4)C2)[C@@H]2CCCCN21. The third kappa shape index (κ3) is 3.42. The Morgan fingerprint density at radius 1 is 1.10 bits per heavy atom. The minimum absolute atomic E-state index is 0.241. The minimum Gasteiger partial charge on any atom is -0.337 e. The molecular formula is C23H37N5O. The maximum absolute atomic E-state index is 13.7. The maximum Gasteiger partial charge on any atom is 0.272 e. The summed E-state index contributed by atoms with van der Waals surface area (Å²) in [5.41, 5.74) is 3.29. The van der Waals surface area contributed by atoms with Gasteiger partial charge in [0.1, 0.15) is 5.69 Å². The summed E-state index contributed by atoms with van der Waals surface area (Å²) >= 11 is 0. The number of likely N-dealkylation sites (N-methyl/N-ethyl adjacent to an activating group) is 1. The molecule has 1 aromatic rings. The number of likely N-dealkylation sites (tertiary alicyclic amines) is 1. The lowest BCUT2D eigenvalue weighted by Gasteiger charge is -2.57. The van der Waals surface area contributed by atoms with Gasteiger partial charge in [0.15, 0.2) is 0 Å². The van der Waals surface area contributed by atoms with Gasteiger partial charge >= 0.3 is 0 Å². The van der Waals surface area contributed by atoms with E-state index in [0.717, 1.165) is 38.2 Å². The Morgan fingerprint density at radius 2 is 1.90 bits per heavy atom. The summed E-state index contributed by atoms with van der Waals surface area (Å²) in [6.45, 7) is 4.21. The Morgan fingerprint density at radius 3 is 2.72 bits per heavy atom. The number of aromatic nitrogens is 2. The molecule has 4 atom stereocenters. The number of carbonyl (C=O) groups is 1. The molecule has 2 bridgehead atoms. The number of fused-ring (bicyclic) bond motifs is 5. The van der Waals surface area contributed by atoms with Gasteiger partial charge in [0.25, 0.3) is 5.91 Å². The van der Waals surface area contributed by atoms with Crippen LogP contribution in [-0.4, -0.2) is 82.7 Å². The van der Waals surface area contributed by atoms with Gasteiger partial charge in [-0.05, 0) is 77.4 Å². The first-order valence-electron chi connectivity index (χ1n) is 11.8. The van der Waals surface area contributed by atoms with Crippen molar-refractivity contribution in [3.63, 3.8) is 0 Å². The molecule has 0 radical (unpaired) electrons. The topological polar surface area (TPSA) is 44.6 Å². The summed E-state index contributed by atoms with van der Waals surface area (Å²) in [7, 11) is 6.35. The van der Waals surface area contributed by atoms with Gasteiger partial charge in [-0.3, -0.25) is 14.4 Å². The van der Waals surface area contributed by atoms with Crippen LogP contribution in [0.2, 0.25) is 0 Å². The molecule has 160 valence electrons. The molecule has 4 heterocycles. The van der Waals surface area contributed by atoms with Crippen LogP contribution in [0.25, 0.3) is 0 Å². The molecule has 6 heteroatoms. The summed E-state index contributed by atoms with van der Waals surface area (Å²) < 4.78 is 1.88. The van der Waals surface area contributed by atoms with E-state index in [0.29, 0.717) is 23.9 Å². The molecular weight excluding hydrogens is 362 g/mol. The Hall–Kier alpha value is -1.40. The highest BCUT2D eigenvalue weighted by Crippen LogP contribution is 2.41. The summed E-state index contributed by atoms with van der Waals surface area (Å²) in [5, 5.41) is 4.71. The summed E-state index contributed by atoms with van der Waals surface area (Å²) in [4.78, 5) is 21.1. The van der Waals surface area contributed by atoms with Gasteiger partial charge in [0, 0.05) is 44.3 Å². The second kappa shape index (κ2) is 7.69. The van der Waals surface area contributed by atoms with Crippen LogP contribution in [0.3, 0.4) is 0 Å². The quantitative estimate of drug-likeness (QED) is 0.782. The van der Waals surface area contributed by atoms with Crippen molar-refractivity contribution in [1.29, 1.82) is 0 Å². The standard InChI is InChI=1S/C23H37N5O/c1-25(2)15-21-17-12-16(20-10-6-7-11-28(20)21)13-27(14-17)23(29)22-18-8-4-5-9-19(18)24-26(22)3/h16-17,20-21H,4-15H2,1-3H3/t16-,17+,20+,21+/m1/s1. The number of hydrogen-bond acceptors (Lipinski definition) is 4. The second-order valence-corrected chi connectivity index (χ2v) is 10.2. The molecule has 0 spiro atoms. The van der Waals surface area contributed by atoms with E-state index < -0.39 is 0 Å². The van der Waals surface area contributed by atoms with Gasteiger partial charge in [-0.1, -0.05) is 6.42 Å². The molecule has 5 rings (SSSR count). The number of aryl methyl sites for hydroxylation is 2. The first-order valence-corrected chi connectivity index (χ1v) is 11.8. The average molecular weight is 400 g/mol. The van der Waals surface area contributed by atoms with Crippen LogP contribution in [0.5, 0.6) is 0 Å². The number of hydrogen-bond donors (Lipinski definition) is 0. The average Bonchev–Trinajstić information content (AvgIpc) is 3.06. The van der Waals surface area contributed by atoms with Crippen molar-refractivity contribution in [2.24, 2.45) is 18.9 Å². The molecule has 3 aliphatic heterocycles. The first-order chi connectivity index (χ1) is 14.0. The highest BCUT2D eigenvalue weighted by molar-refractivity contribution is 5.94. The maximum atomic E-state index is 13.7. The molecule has 1 aliphatic carbocycles. The van der Waals surface area contributed by atoms with Crippen molar-refractivity contribution in [3.05, 3.63) is 17.0 Å². The van der Waals surface area contributed by atoms with Crippen molar-refractivity contribution >= 4 is 5.91 Å².